The number of rotatable bonds is 20. The van der Waals surface area contributed by atoms with Gasteiger partial charge in [-0.1, -0.05) is 62.2 Å². The molecule has 0 radical (unpaired) electrons. The number of carbonyl (C=O) groups is 5. The van der Waals surface area contributed by atoms with Crippen molar-refractivity contribution in [3.8, 4) is 0 Å². The number of nitrogens with one attached hydrogen (secondary N) is 4. The zero-order chi connectivity index (χ0) is 46.5. The summed E-state index contributed by atoms with van der Waals surface area (Å²) in [6.45, 7) is 5.72. The van der Waals surface area contributed by atoms with Crippen LogP contribution in [0.25, 0.3) is 10.9 Å². The van der Waals surface area contributed by atoms with Gasteiger partial charge in [0.05, 0.1) is 17.6 Å². The Morgan fingerprint density at radius 2 is 1.62 bits per heavy atom. The molecule has 0 bridgehead atoms. The monoisotopic (exact) mass is 897 g/mol. The van der Waals surface area contributed by atoms with Gasteiger partial charge >= 0.3 is 24.1 Å². The summed E-state index contributed by atoms with van der Waals surface area (Å²) in [5.74, 6) is -2.90. The average molecular weight is 898 g/mol. The lowest BCUT2D eigenvalue weighted by molar-refractivity contribution is -0.145. The largest absolute Gasteiger partial charge is 0.477 e. The second kappa shape index (κ2) is 22.5. The number of carbonyl (C=O) groups excluding carboxylic acids is 4. The topological polar surface area (TPSA) is 230 Å². The summed E-state index contributed by atoms with van der Waals surface area (Å²) in [4.78, 5) is 78.8. The Morgan fingerprint density at radius 3 is 2.29 bits per heavy atom. The van der Waals surface area contributed by atoms with Crippen molar-refractivity contribution in [1.29, 1.82) is 0 Å². The molecule has 3 aromatic carbocycles. The molecular weight excluding hydrogens is 842 g/mol. The van der Waals surface area contributed by atoms with Gasteiger partial charge in [0.25, 0.3) is 0 Å². The number of amides is 4. The van der Waals surface area contributed by atoms with Crippen LogP contribution in [-0.2, 0) is 38.8 Å². The maximum atomic E-state index is 15.4. The number of urea groups is 1. The third kappa shape index (κ3) is 12.5. The average Bonchev–Trinajstić information content (AvgIpc) is 3.79. The molecule has 2 aliphatic rings. The van der Waals surface area contributed by atoms with E-state index >= 15 is 4.39 Å². The summed E-state index contributed by atoms with van der Waals surface area (Å²) in [6.07, 6.45) is 5.97. The number of hydrogen-bond donors (Lipinski definition) is 6. The fraction of sp³-hybridized carbons (Fsp3) is 0.391. The number of fused-ring (bicyclic) bond motifs is 1. The van der Waals surface area contributed by atoms with Crippen molar-refractivity contribution in [3.63, 3.8) is 0 Å². The van der Waals surface area contributed by atoms with Gasteiger partial charge in [0.1, 0.15) is 30.6 Å². The Labute approximate surface area is 375 Å². The highest BCUT2D eigenvalue weighted by Gasteiger charge is 2.31. The van der Waals surface area contributed by atoms with Crippen LogP contribution in [0.5, 0.6) is 0 Å². The summed E-state index contributed by atoms with van der Waals surface area (Å²) in [7, 11) is 0. The van der Waals surface area contributed by atoms with Crippen LogP contribution >= 0.6 is 0 Å². The quantitative estimate of drug-likeness (QED) is 0.0497. The first-order chi connectivity index (χ1) is 31.3. The number of aryl methyl sites for hydroxylation is 1. The van der Waals surface area contributed by atoms with Gasteiger partial charge in [-0.25, -0.2) is 18.8 Å². The van der Waals surface area contributed by atoms with Crippen molar-refractivity contribution in [2.75, 3.05) is 42.9 Å². The lowest BCUT2D eigenvalue weighted by Crippen LogP contribution is -2.49. The number of aromatic nitrogens is 1. The number of unbranched alkanes of at least 4 members (excludes halogenated alkanes) is 1. The van der Waals surface area contributed by atoms with E-state index in [-0.39, 0.29) is 68.1 Å². The number of nitrogens with zero attached hydrogens (tertiary/aromatic N) is 4. The fourth-order valence-electron chi connectivity index (χ4n) is 7.77. The number of pyridine rings is 1. The molecule has 4 aromatic rings. The van der Waals surface area contributed by atoms with E-state index < -0.39 is 40.9 Å². The second-order valence-electron chi connectivity index (χ2n) is 15.9. The Kier molecular flexibility index (Phi) is 16.4. The van der Waals surface area contributed by atoms with Crippen LogP contribution < -0.4 is 37.7 Å². The van der Waals surface area contributed by atoms with Gasteiger partial charge in [-0.3, -0.25) is 19.4 Å². The van der Waals surface area contributed by atoms with Gasteiger partial charge in [0.2, 0.25) is 11.3 Å². The highest BCUT2D eigenvalue weighted by Crippen LogP contribution is 2.28. The Balaban J connectivity index is 1.03. The molecule has 0 unspecified atom stereocenters. The number of allylic oxidation sites excluding steroid dienone is 1. The molecule has 1 aromatic heterocycles. The summed E-state index contributed by atoms with van der Waals surface area (Å²) < 4.78 is 28.2. The summed E-state index contributed by atoms with van der Waals surface area (Å²) in [6, 6.07) is 17.5. The maximum absolute atomic E-state index is 15.4. The van der Waals surface area contributed by atoms with Crippen LogP contribution in [-0.4, -0.2) is 88.3 Å². The lowest BCUT2D eigenvalue weighted by Gasteiger charge is -2.35. The minimum atomic E-state index is -1.38. The molecule has 0 aliphatic carbocycles. The second-order valence-corrected chi connectivity index (χ2v) is 15.9. The molecule has 18 nitrogen and oxygen atoms in total. The van der Waals surface area contributed by atoms with E-state index in [1.54, 1.807) is 57.9 Å². The van der Waals surface area contributed by atoms with Crippen molar-refractivity contribution < 1.29 is 42.9 Å². The van der Waals surface area contributed by atoms with Crippen LogP contribution in [0.15, 0.2) is 89.6 Å². The standard InChI is InChI=1S/C46H56FN9O9/c1-3-5-12-32(23-41(57)64-28-30-10-7-6-8-11-30)37-27-56(52-51-37)38(13-9-18-49-45(48)62)43(59)50-33-16-14-31(15-17-33)29-65-46(63)55-21-19-54(20-22-55)40-25-39-34(24-36(40)47)42(58)35(44(60)61)26-53(39)4-2/h6-8,10-11,14-17,24-27,32,38,51-52H,3-5,9,12-13,18-23,28-29H2,1-2H3,(H,50,59)(H,60,61)(H3,48,49,62)/t32-,38+/m1/s1. The van der Waals surface area contributed by atoms with E-state index in [4.69, 9.17) is 15.2 Å². The Hall–Kier alpha value is -7.15. The van der Waals surface area contributed by atoms with Crippen molar-refractivity contribution >= 4 is 52.2 Å². The van der Waals surface area contributed by atoms with Gasteiger partial charge in [-0.05, 0) is 61.6 Å². The van der Waals surface area contributed by atoms with Crippen LogP contribution in [0, 0.1) is 11.7 Å². The number of primary amides is 1. The molecule has 2 atom stereocenters. The summed E-state index contributed by atoms with van der Waals surface area (Å²) in [5, 5.41) is 16.6. The minimum Gasteiger partial charge on any atom is -0.477 e. The zero-order valence-electron chi connectivity index (χ0n) is 36.5. The predicted molar refractivity (Wildman–Crippen MR) is 241 cm³/mol. The Morgan fingerprint density at radius 1 is 0.908 bits per heavy atom. The lowest BCUT2D eigenvalue weighted by atomic mass is 9.95. The van der Waals surface area contributed by atoms with E-state index in [1.807, 2.05) is 30.3 Å². The number of ether oxygens (including phenoxy) is 2. The number of halogens is 1. The Bertz CT molecular complexity index is 2420. The van der Waals surface area contributed by atoms with Gasteiger partial charge in [-0.15, -0.1) is 5.53 Å². The highest BCUT2D eigenvalue weighted by molar-refractivity contribution is 5.95. The molecule has 1 fully saturated rings. The number of hydrazine groups is 2. The molecule has 1 saturated heterocycles. The molecule has 6 rings (SSSR count). The van der Waals surface area contributed by atoms with Gasteiger partial charge in [0, 0.05) is 74.4 Å². The van der Waals surface area contributed by atoms with Crippen LogP contribution in [0.1, 0.15) is 73.9 Å². The highest BCUT2D eigenvalue weighted by atomic mass is 19.1. The molecule has 19 heteroatoms. The number of piperazine rings is 1. The minimum absolute atomic E-state index is 0.0197. The number of benzene rings is 3. The number of anilines is 2. The fourth-order valence-corrected chi connectivity index (χ4v) is 7.77. The number of carboxylic acids is 1. The first-order valence-corrected chi connectivity index (χ1v) is 21.8. The van der Waals surface area contributed by atoms with E-state index in [0.717, 1.165) is 36.6 Å². The molecular formula is C46H56FN9O9. The van der Waals surface area contributed by atoms with Gasteiger partial charge in [0.15, 0.2) is 0 Å². The normalized spacial score (nSPS) is 14.6. The van der Waals surface area contributed by atoms with E-state index in [9.17, 15) is 33.9 Å². The SMILES string of the molecule is CCCC[C@H](CC(=O)OCc1ccccc1)C1=CN([C@@H](CCCNC(N)=O)C(=O)Nc2ccc(COC(=O)N3CCN(c4cc5c(cc4F)c(=O)c(C(=O)O)cn5CC)CC3)cc2)NN1. The molecule has 2 aliphatic heterocycles. The molecule has 346 valence electrons. The number of hydrogen-bond acceptors (Lipinski definition) is 12. The first kappa shape index (κ1) is 47.3. The van der Waals surface area contributed by atoms with Crippen molar-refractivity contribution in [3.05, 3.63) is 118 Å². The number of aromatic carboxylic acids is 1. The van der Waals surface area contributed by atoms with Crippen LogP contribution in [0.2, 0.25) is 0 Å². The van der Waals surface area contributed by atoms with E-state index in [2.05, 4.69) is 28.5 Å². The number of carboxylic acid groups (broad SMARTS) is 1. The van der Waals surface area contributed by atoms with Crippen LogP contribution in [0.3, 0.4) is 0 Å². The number of nitrogens with two attached hydrogens (primary N) is 1. The molecule has 0 saturated carbocycles. The number of esters is 1. The molecule has 65 heavy (non-hydrogen) atoms. The maximum Gasteiger partial charge on any atom is 0.410 e. The third-order valence-electron chi connectivity index (χ3n) is 11.4. The summed E-state index contributed by atoms with van der Waals surface area (Å²) in [5.41, 5.74) is 13.8. The third-order valence-corrected chi connectivity index (χ3v) is 11.4. The predicted octanol–water partition coefficient (Wildman–Crippen LogP) is 5.18. The van der Waals surface area contributed by atoms with Crippen molar-refractivity contribution in [1.82, 2.24) is 30.8 Å². The van der Waals surface area contributed by atoms with Crippen LogP contribution in [0.4, 0.5) is 25.4 Å². The van der Waals surface area contributed by atoms with Gasteiger partial charge in [-0.2, -0.15) is 0 Å². The molecule has 0 spiro atoms. The zero-order valence-corrected chi connectivity index (χ0v) is 36.5. The first-order valence-electron chi connectivity index (χ1n) is 21.8. The van der Waals surface area contributed by atoms with Crippen molar-refractivity contribution in [2.24, 2.45) is 11.7 Å². The van der Waals surface area contributed by atoms with Crippen molar-refractivity contribution in [2.45, 2.75) is 78.2 Å². The van der Waals surface area contributed by atoms with E-state index in [0.29, 0.717) is 49.2 Å². The molecule has 7 N–H and O–H groups in total. The summed E-state index contributed by atoms with van der Waals surface area (Å²) >= 11 is 0. The van der Waals surface area contributed by atoms with E-state index in [1.165, 1.54) is 11.1 Å². The molecule has 3 heterocycles. The smallest absolute Gasteiger partial charge is 0.410 e. The van der Waals surface area contributed by atoms with Gasteiger partial charge < -0.3 is 50.7 Å². The molecule has 4 amide bonds.